The summed E-state index contributed by atoms with van der Waals surface area (Å²) in [6, 6.07) is 10.7. The standard InChI is InChI=1S/C24H29ClFN3O2/c1-16(2)11-19-7-6-8-22(17(19)3)28-15-29(14-23(31-5)24(30)27-4)13-18-9-10-21(26)20(25)12-18/h6-10,12,14,16,28H,4,11,13,15H2,1-3,5H3/b23-14+. The Bertz CT molecular complexity index is 960. The highest BCUT2D eigenvalue weighted by Crippen LogP contribution is 2.22. The van der Waals surface area contributed by atoms with Gasteiger partial charge in [0.15, 0.2) is 0 Å². The summed E-state index contributed by atoms with van der Waals surface area (Å²) < 4.78 is 18.7. The van der Waals surface area contributed by atoms with E-state index >= 15 is 0 Å². The smallest absolute Gasteiger partial charge is 0.312 e. The van der Waals surface area contributed by atoms with Crippen molar-refractivity contribution in [1.29, 1.82) is 0 Å². The zero-order chi connectivity index (χ0) is 23.0. The molecule has 2 aromatic rings. The second-order valence-electron chi connectivity index (χ2n) is 7.68. The molecule has 0 heterocycles. The highest BCUT2D eigenvalue weighted by atomic mass is 35.5. The fourth-order valence-corrected chi connectivity index (χ4v) is 3.38. The highest BCUT2D eigenvalue weighted by Gasteiger charge is 2.13. The van der Waals surface area contributed by atoms with E-state index in [0.29, 0.717) is 19.1 Å². The van der Waals surface area contributed by atoms with E-state index in [4.69, 9.17) is 16.3 Å². The Morgan fingerprint density at radius 3 is 2.71 bits per heavy atom. The van der Waals surface area contributed by atoms with Gasteiger partial charge in [0.25, 0.3) is 0 Å². The Balaban J connectivity index is 2.28. The van der Waals surface area contributed by atoms with Gasteiger partial charge in [0.05, 0.1) is 18.8 Å². The number of benzene rings is 2. The Morgan fingerprint density at radius 2 is 2.10 bits per heavy atom. The van der Waals surface area contributed by atoms with Gasteiger partial charge in [-0.3, -0.25) is 4.79 Å². The molecule has 0 aliphatic heterocycles. The average Bonchev–Trinajstić information content (AvgIpc) is 2.73. The van der Waals surface area contributed by atoms with Crippen LogP contribution < -0.4 is 5.32 Å². The second-order valence-corrected chi connectivity index (χ2v) is 8.09. The zero-order valence-corrected chi connectivity index (χ0v) is 19.2. The second kappa shape index (κ2) is 11.5. The molecule has 0 aliphatic rings. The van der Waals surface area contributed by atoms with Gasteiger partial charge < -0.3 is 15.0 Å². The van der Waals surface area contributed by atoms with Crippen molar-refractivity contribution in [3.05, 3.63) is 75.9 Å². The molecule has 1 N–H and O–H groups in total. The first-order valence-electron chi connectivity index (χ1n) is 10.0. The quantitative estimate of drug-likeness (QED) is 0.225. The van der Waals surface area contributed by atoms with Gasteiger partial charge in [0.2, 0.25) is 5.76 Å². The van der Waals surface area contributed by atoms with Gasteiger partial charge in [-0.2, -0.15) is 0 Å². The Hall–Kier alpha value is -2.86. The molecule has 0 spiro atoms. The van der Waals surface area contributed by atoms with Crippen molar-refractivity contribution in [3.8, 4) is 0 Å². The van der Waals surface area contributed by atoms with E-state index in [1.165, 1.54) is 24.3 Å². The van der Waals surface area contributed by atoms with E-state index in [1.54, 1.807) is 18.3 Å². The number of ether oxygens (including phenoxy) is 1. The van der Waals surface area contributed by atoms with E-state index < -0.39 is 11.7 Å². The minimum absolute atomic E-state index is 0.0439. The van der Waals surface area contributed by atoms with Crippen LogP contribution in [0.4, 0.5) is 10.1 Å². The molecule has 1 amide bonds. The molecule has 0 atom stereocenters. The normalized spacial score (nSPS) is 11.4. The van der Waals surface area contributed by atoms with Crippen molar-refractivity contribution >= 4 is 29.9 Å². The van der Waals surface area contributed by atoms with Crippen LogP contribution in [0.1, 0.15) is 30.5 Å². The molecule has 166 valence electrons. The first-order valence-corrected chi connectivity index (χ1v) is 10.4. The highest BCUT2D eigenvalue weighted by molar-refractivity contribution is 6.30. The number of nitrogens with zero attached hydrogens (tertiary/aromatic N) is 2. The third kappa shape index (κ3) is 7.10. The van der Waals surface area contributed by atoms with Crippen molar-refractivity contribution in [1.82, 2.24) is 4.90 Å². The van der Waals surface area contributed by atoms with Crippen LogP contribution in [0, 0.1) is 18.7 Å². The van der Waals surface area contributed by atoms with Crippen LogP contribution in [0.25, 0.3) is 0 Å². The number of methoxy groups -OCH3 is 1. The number of nitrogens with one attached hydrogen (secondary N) is 1. The zero-order valence-electron chi connectivity index (χ0n) is 18.4. The number of rotatable bonds is 10. The minimum Gasteiger partial charge on any atom is -0.490 e. The molecule has 0 unspecified atom stereocenters. The number of hydrogen-bond acceptors (Lipinski definition) is 4. The third-order valence-corrected chi connectivity index (χ3v) is 5.08. The van der Waals surface area contributed by atoms with Crippen molar-refractivity contribution < 1.29 is 13.9 Å². The van der Waals surface area contributed by atoms with Crippen molar-refractivity contribution in [2.24, 2.45) is 10.9 Å². The Morgan fingerprint density at radius 1 is 1.35 bits per heavy atom. The molecule has 0 saturated carbocycles. The molecule has 0 saturated heterocycles. The van der Waals surface area contributed by atoms with E-state index in [2.05, 4.69) is 43.9 Å². The predicted molar refractivity (Wildman–Crippen MR) is 125 cm³/mol. The van der Waals surface area contributed by atoms with Gasteiger partial charge in [0.1, 0.15) is 5.82 Å². The number of carbonyl (C=O) groups is 1. The molecular weight excluding hydrogens is 417 g/mol. The number of amides is 1. The summed E-state index contributed by atoms with van der Waals surface area (Å²) in [5.74, 6) is -0.444. The SMILES string of the molecule is C=NC(=O)/C(=C\N(CNc1cccc(CC(C)C)c1C)Cc1ccc(F)c(Cl)c1)OC. The lowest BCUT2D eigenvalue weighted by Crippen LogP contribution is -2.26. The number of carbonyl (C=O) groups excluding carboxylic acids is 1. The Labute approximate surface area is 188 Å². The van der Waals surface area contributed by atoms with Crippen molar-refractivity contribution in [2.75, 3.05) is 19.1 Å². The van der Waals surface area contributed by atoms with Gasteiger partial charge >= 0.3 is 5.91 Å². The van der Waals surface area contributed by atoms with Crippen LogP contribution in [0.5, 0.6) is 0 Å². The lowest BCUT2D eigenvalue weighted by molar-refractivity contribution is -0.117. The molecule has 7 heteroatoms. The van der Waals surface area contributed by atoms with Gasteiger partial charge in [-0.25, -0.2) is 9.38 Å². The monoisotopic (exact) mass is 445 g/mol. The van der Waals surface area contributed by atoms with Crippen LogP contribution in [0.3, 0.4) is 0 Å². The summed E-state index contributed by atoms with van der Waals surface area (Å²) in [5, 5.41) is 3.46. The molecule has 31 heavy (non-hydrogen) atoms. The van der Waals surface area contributed by atoms with Gasteiger partial charge in [-0.05, 0) is 60.9 Å². The minimum atomic E-state index is -0.570. The van der Waals surface area contributed by atoms with Crippen molar-refractivity contribution in [3.63, 3.8) is 0 Å². The Kier molecular flexibility index (Phi) is 9.06. The molecule has 2 rings (SSSR count). The van der Waals surface area contributed by atoms with Crippen LogP contribution >= 0.6 is 11.6 Å². The summed E-state index contributed by atoms with van der Waals surface area (Å²) in [6.07, 6.45) is 2.56. The van der Waals surface area contributed by atoms with Gasteiger partial charge in [0, 0.05) is 18.4 Å². The lowest BCUT2D eigenvalue weighted by atomic mass is 9.97. The van der Waals surface area contributed by atoms with E-state index in [-0.39, 0.29) is 10.8 Å². The summed E-state index contributed by atoms with van der Waals surface area (Å²) in [5.41, 5.74) is 4.25. The van der Waals surface area contributed by atoms with E-state index in [1.807, 2.05) is 17.0 Å². The van der Waals surface area contributed by atoms with E-state index in [0.717, 1.165) is 17.7 Å². The lowest BCUT2D eigenvalue weighted by Gasteiger charge is -2.24. The number of aliphatic imine (C=N–C) groups is 1. The molecular formula is C24H29ClFN3O2. The fraction of sp³-hybridized carbons (Fsp3) is 0.333. The molecule has 0 bridgehead atoms. The summed E-state index contributed by atoms with van der Waals surface area (Å²) in [4.78, 5) is 17.2. The maximum atomic E-state index is 13.5. The fourth-order valence-electron chi connectivity index (χ4n) is 3.18. The van der Waals surface area contributed by atoms with E-state index in [9.17, 15) is 9.18 Å². The molecule has 0 fully saturated rings. The number of hydrogen-bond donors (Lipinski definition) is 1. The number of halogens is 2. The molecule has 0 aliphatic carbocycles. The van der Waals surface area contributed by atoms with Gasteiger partial charge in [-0.1, -0.05) is 43.6 Å². The molecule has 5 nitrogen and oxygen atoms in total. The first kappa shape index (κ1) is 24.4. The topological polar surface area (TPSA) is 53.9 Å². The van der Waals surface area contributed by atoms with Gasteiger partial charge in [-0.15, -0.1) is 0 Å². The maximum absolute atomic E-state index is 13.5. The third-order valence-electron chi connectivity index (χ3n) is 4.79. The summed E-state index contributed by atoms with van der Waals surface area (Å²) in [6.45, 7) is 10.5. The molecule has 0 aromatic heterocycles. The predicted octanol–water partition coefficient (Wildman–Crippen LogP) is 5.57. The molecule has 2 aromatic carbocycles. The average molecular weight is 446 g/mol. The van der Waals surface area contributed by atoms with Crippen LogP contribution in [0.2, 0.25) is 5.02 Å². The van der Waals surface area contributed by atoms with Crippen molar-refractivity contribution in [2.45, 2.75) is 33.7 Å². The van der Waals surface area contributed by atoms with Crippen LogP contribution in [0.15, 0.2) is 53.3 Å². The summed E-state index contributed by atoms with van der Waals surface area (Å²) in [7, 11) is 1.40. The van der Waals surface area contributed by atoms with Crippen LogP contribution in [-0.4, -0.2) is 31.3 Å². The summed E-state index contributed by atoms with van der Waals surface area (Å²) >= 11 is 5.93. The molecule has 0 radical (unpaired) electrons. The number of anilines is 1. The maximum Gasteiger partial charge on any atom is 0.312 e. The first-order chi connectivity index (χ1) is 14.7. The van der Waals surface area contributed by atoms with Crippen LogP contribution in [-0.2, 0) is 22.5 Å². The largest absolute Gasteiger partial charge is 0.490 e.